The first-order chi connectivity index (χ1) is 8.11. The number of hydrogen-bond acceptors (Lipinski definition) is 2. The molecule has 1 heterocycles. The van der Waals surface area contributed by atoms with Crippen LogP contribution in [0.4, 0.5) is 0 Å². The molecule has 0 aliphatic carbocycles. The highest BCUT2D eigenvalue weighted by molar-refractivity contribution is 6.32. The fourth-order valence-corrected chi connectivity index (χ4v) is 1.83. The van der Waals surface area contributed by atoms with Gasteiger partial charge in [0, 0.05) is 0 Å². The van der Waals surface area contributed by atoms with Gasteiger partial charge in [0.15, 0.2) is 0 Å². The Hall–Kier alpha value is -1.55. The maximum absolute atomic E-state index is 4.56. The van der Waals surface area contributed by atoms with Crippen LogP contribution < -0.4 is 10.8 Å². The summed E-state index contributed by atoms with van der Waals surface area (Å²) in [5.41, 5.74) is 4.62. The van der Waals surface area contributed by atoms with Crippen molar-refractivity contribution in [3.05, 3.63) is 35.8 Å². The summed E-state index contributed by atoms with van der Waals surface area (Å²) in [6.45, 7) is 4.13. The van der Waals surface area contributed by atoms with Crippen LogP contribution in [0.5, 0.6) is 0 Å². The van der Waals surface area contributed by atoms with Crippen LogP contribution in [0.3, 0.4) is 0 Å². The normalized spacial score (nSPS) is 12.6. The highest BCUT2D eigenvalue weighted by Gasteiger charge is 2.12. The molecule has 0 amide bonds. The first-order valence-electron chi connectivity index (χ1n) is 5.92. The van der Waals surface area contributed by atoms with Gasteiger partial charge < -0.3 is 10.3 Å². The molecule has 2 rings (SSSR count). The Kier molecular flexibility index (Phi) is 3.34. The van der Waals surface area contributed by atoms with Crippen molar-refractivity contribution >= 4 is 13.3 Å². The van der Waals surface area contributed by atoms with Crippen LogP contribution in [0.15, 0.2) is 24.3 Å². The molecule has 0 radical (unpaired) electrons. The molecule has 0 aliphatic heterocycles. The van der Waals surface area contributed by atoms with E-state index < -0.39 is 0 Å². The van der Waals surface area contributed by atoms with Crippen molar-refractivity contribution in [3.8, 4) is 11.3 Å². The first-order valence-corrected chi connectivity index (χ1v) is 5.92. The van der Waals surface area contributed by atoms with Crippen LogP contribution in [0, 0.1) is 6.92 Å². The van der Waals surface area contributed by atoms with Gasteiger partial charge in [0.2, 0.25) is 0 Å². The van der Waals surface area contributed by atoms with Gasteiger partial charge in [-0.2, -0.15) is 0 Å². The van der Waals surface area contributed by atoms with Crippen molar-refractivity contribution in [3.63, 3.8) is 0 Å². The summed E-state index contributed by atoms with van der Waals surface area (Å²) < 4.78 is 0. The molecule has 1 aromatic heterocycles. The number of aromatic nitrogens is 2. The highest BCUT2D eigenvalue weighted by atomic mass is 15.0. The zero-order valence-corrected chi connectivity index (χ0v) is 10.8. The predicted molar refractivity (Wildman–Crippen MR) is 74.4 cm³/mol. The maximum Gasteiger partial charge on any atom is 0.139 e. The number of nitrogens with one attached hydrogen (secondary N) is 2. The van der Waals surface area contributed by atoms with Crippen molar-refractivity contribution < 1.29 is 0 Å². The number of aromatic amines is 1. The number of benzene rings is 1. The minimum atomic E-state index is 0.243. The molecule has 1 atom stereocenters. The fourth-order valence-electron chi connectivity index (χ4n) is 1.83. The Bertz CT molecular complexity index is 502. The molecule has 2 aromatic rings. The van der Waals surface area contributed by atoms with Crippen molar-refractivity contribution in [2.75, 3.05) is 7.05 Å². The zero-order chi connectivity index (χ0) is 12.4. The van der Waals surface area contributed by atoms with Crippen LogP contribution in [0.1, 0.15) is 24.5 Å². The van der Waals surface area contributed by atoms with Crippen LogP contribution >= 0.6 is 0 Å². The van der Waals surface area contributed by atoms with Gasteiger partial charge in [0.1, 0.15) is 13.7 Å². The molecule has 0 saturated carbocycles. The minimum Gasteiger partial charge on any atom is -0.340 e. The van der Waals surface area contributed by atoms with Gasteiger partial charge in [-0.1, -0.05) is 29.7 Å². The summed E-state index contributed by atoms with van der Waals surface area (Å²) in [4.78, 5) is 7.96. The van der Waals surface area contributed by atoms with Crippen molar-refractivity contribution in [2.24, 2.45) is 0 Å². The largest absolute Gasteiger partial charge is 0.340 e. The third kappa shape index (κ3) is 2.42. The highest BCUT2D eigenvalue weighted by Crippen LogP contribution is 2.22. The predicted octanol–water partition coefficient (Wildman–Crippen LogP) is 0.924. The van der Waals surface area contributed by atoms with Crippen LogP contribution in [-0.2, 0) is 0 Å². The molecule has 17 heavy (non-hydrogen) atoms. The molecule has 0 aliphatic rings. The van der Waals surface area contributed by atoms with Gasteiger partial charge in [0.05, 0.1) is 17.4 Å². The molecule has 88 valence electrons. The minimum absolute atomic E-state index is 0.243. The fraction of sp³-hybridized carbons (Fsp3) is 0.308. The lowest BCUT2D eigenvalue weighted by Crippen LogP contribution is -2.13. The van der Waals surface area contributed by atoms with E-state index >= 15 is 0 Å². The molecule has 0 spiro atoms. The number of imidazole rings is 1. The number of aryl methyl sites for hydroxylation is 1. The van der Waals surface area contributed by atoms with E-state index in [1.165, 1.54) is 11.0 Å². The number of rotatable bonds is 3. The van der Waals surface area contributed by atoms with E-state index in [1.54, 1.807) is 0 Å². The topological polar surface area (TPSA) is 40.7 Å². The van der Waals surface area contributed by atoms with Gasteiger partial charge in [-0.15, -0.1) is 0 Å². The van der Waals surface area contributed by atoms with E-state index in [0.29, 0.717) is 0 Å². The number of hydrogen-bond donors (Lipinski definition) is 2. The standard InChI is InChI=1S/C13H18BN3/c1-8-12(10-4-6-11(14)7-5-10)17-13(16-8)9(2)15-3/h4-7,9,15H,14H2,1-3H3,(H,16,17)/t9-/m0/s1. The SMILES string of the molecule is Bc1ccc(-c2[nH]c([C@H](C)NC)nc2C)cc1. The van der Waals surface area contributed by atoms with Gasteiger partial charge in [0.25, 0.3) is 0 Å². The van der Waals surface area contributed by atoms with E-state index in [9.17, 15) is 0 Å². The van der Waals surface area contributed by atoms with E-state index in [1.807, 2.05) is 14.0 Å². The summed E-state index contributed by atoms with van der Waals surface area (Å²) in [5, 5.41) is 3.19. The molecule has 0 saturated heterocycles. The second kappa shape index (κ2) is 4.76. The molecule has 3 nitrogen and oxygen atoms in total. The average Bonchev–Trinajstić information content (AvgIpc) is 2.71. The molecular weight excluding hydrogens is 209 g/mol. The lowest BCUT2D eigenvalue weighted by molar-refractivity contribution is 0.617. The molecule has 1 aromatic carbocycles. The maximum atomic E-state index is 4.56. The lowest BCUT2D eigenvalue weighted by Gasteiger charge is -2.05. The second-order valence-corrected chi connectivity index (χ2v) is 4.46. The summed E-state index contributed by atoms with van der Waals surface area (Å²) >= 11 is 0. The quantitative estimate of drug-likeness (QED) is 0.765. The van der Waals surface area contributed by atoms with Gasteiger partial charge in [-0.3, -0.25) is 0 Å². The lowest BCUT2D eigenvalue weighted by atomic mass is 9.94. The smallest absolute Gasteiger partial charge is 0.139 e. The molecule has 0 unspecified atom stereocenters. The molecule has 0 fully saturated rings. The number of nitrogens with zero attached hydrogens (tertiary/aromatic N) is 1. The Morgan fingerprint density at radius 3 is 2.53 bits per heavy atom. The van der Waals surface area contributed by atoms with Gasteiger partial charge >= 0.3 is 0 Å². The first kappa shape index (κ1) is 11.9. The van der Waals surface area contributed by atoms with Gasteiger partial charge in [-0.25, -0.2) is 4.98 Å². The van der Waals surface area contributed by atoms with Gasteiger partial charge in [-0.05, 0) is 26.5 Å². The third-order valence-electron chi connectivity index (χ3n) is 3.09. The third-order valence-corrected chi connectivity index (χ3v) is 3.09. The summed E-state index contributed by atoms with van der Waals surface area (Å²) in [5.74, 6) is 0.987. The van der Waals surface area contributed by atoms with Crippen LogP contribution in [0.25, 0.3) is 11.3 Å². The van der Waals surface area contributed by atoms with E-state index in [0.717, 1.165) is 17.2 Å². The Morgan fingerprint density at radius 2 is 1.94 bits per heavy atom. The Balaban J connectivity index is 2.39. The van der Waals surface area contributed by atoms with Crippen molar-refractivity contribution in [1.82, 2.24) is 15.3 Å². The second-order valence-electron chi connectivity index (χ2n) is 4.46. The van der Waals surface area contributed by atoms with Crippen LogP contribution in [-0.4, -0.2) is 24.9 Å². The monoisotopic (exact) mass is 227 g/mol. The average molecular weight is 227 g/mol. The number of H-pyrrole nitrogens is 1. The molecule has 4 heteroatoms. The Labute approximate surface area is 103 Å². The van der Waals surface area contributed by atoms with E-state index in [-0.39, 0.29) is 6.04 Å². The summed E-state index contributed by atoms with van der Waals surface area (Å²) in [6, 6.07) is 8.74. The Morgan fingerprint density at radius 1 is 1.29 bits per heavy atom. The van der Waals surface area contributed by atoms with Crippen molar-refractivity contribution in [1.29, 1.82) is 0 Å². The molecule has 0 bridgehead atoms. The molecular formula is C13H18BN3. The van der Waals surface area contributed by atoms with E-state index in [4.69, 9.17) is 0 Å². The molecule has 2 N–H and O–H groups in total. The van der Waals surface area contributed by atoms with Crippen LogP contribution in [0.2, 0.25) is 0 Å². The summed E-state index contributed by atoms with van der Waals surface area (Å²) in [7, 11) is 4.03. The zero-order valence-electron chi connectivity index (χ0n) is 10.8. The van der Waals surface area contributed by atoms with E-state index in [2.05, 4.69) is 54.3 Å². The van der Waals surface area contributed by atoms with Crippen molar-refractivity contribution in [2.45, 2.75) is 19.9 Å². The summed E-state index contributed by atoms with van der Waals surface area (Å²) in [6.07, 6.45) is 0.